The first kappa shape index (κ1) is 12.5. The van der Waals surface area contributed by atoms with Gasteiger partial charge in [0.15, 0.2) is 21.2 Å². The molecule has 0 N–H and O–H groups in total. The molecule has 0 saturated carbocycles. The molecule has 3 rings (SSSR count). The third kappa shape index (κ3) is 2.32. The van der Waals surface area contributed by atoms with Crippen LogP contribution in [0.4, 0.5) is 0 Å². The van der Waals surface area contributed by atoms with Gasteiger partial charge in [-0.3, -0.25) is 0 Å². The fraction of sp³-hybridized carbons (Fsp3) is 0.462. The molecule has 0 spiro atoms. The Morgan fingerprint density at radius 2 is 2.32 bits per heavy atom. The summed E-state index contributed by atoms with van der Waals surface area (Å²) in [6, 6.07) is 3.73. The molecule has 0 bridgehead atoms. The smallest absolute Gasteiger partial charge is 0.179 e. The Bertz CT molecular complexity index is 706. The molecule has 6 heteroatoms. The summed E-state index contributed by atoms with van der Waals surface area (Å²) in [7, 11) is -1.31. The Labute approximate surface area is 112 Å². The van der Waals surface area contributed by atoms with Crippen LogP contribution in [0.1, 0.15) is 24.5 Å². The summed E-state index contributed by atoms with van der Waals surface area (Å²) in [5.74, 6) is 1.22. The molecule has 0 amide bonds. The molecule has 0 aromatic carbocycles. The number of hydrogen-bond acceptors (Lipinski definition) is 4. The Hall–Kier alpha value is -1.56. The molecule has 3 heterocycles. The maximum absolute atomic E-state index is 11.7. The van der Waals surface area contributed by atoms with Crippen molar-refractivity contribution in [1.82, 2.24) is 9.38 Å². The van der Waals surface area contributed by atoms with Crippen LogP contribution in [-0.2, 0) is 9.84 Å². The minimum Gasteiger partial charge on any atom is -0.493 e. The monoisotopic (exact) mass is 280 g/mol. The van der Waals surface area contributed by atoms with E-state index in [9.17, 15) is 8.42 Å². The molecule has 2 aromatic heterocycles. The molecule has 1 atom stereocenters. The van der Waals surface area contributed by atoms with Crippen LogP contribution in [0.15, 0.2) is 24.5 Å². The molecular weight excluding hydrogens is 264 g/mol. The number of pyridine rings is 1. The van der Waals surface area contributed by atoms with Crippen LogP contribution in [0.2, 0.25) is 0 Å². The van der Waals surface area contributed by atoms with Gasteiger partial charge in [-0.25, -0.2) is 13.4 Å². The number of hydrogen-bond donors (Lipinski definition) is 0. The molecule has 1 fully saturated rings. The molecule has 1 unspecified atom stereocenters. The second-order valence-corrected chi connectivity index (χ2v) is 7.16. The predicted molar refractivity (Wildman–Crippen MR) is 72.4 cm³/mol. The highest BCUT2D eigenvalue weighted by atomic mass is 32.2. The van der Waals surface area contributed by atoms with Crippen molar-refractivity contribution in [3.63, 3.8) is 0 Å². The maximum Gasteiger partial charge on any atom is 0.179 e. The van der Waals surface area contributed by atoms with E-state index < -0.39 is 9.84 Å². The Morgan fingerprint density at radius 3 is 3.05 bits per heavy atom. The van der Waals surface area contributed by atoms with E-state index in [2.05, 4.69) is 4.98 Å². The van der Waals surface area contributed by atoms with Crippen LogP contribution in [0.5, 0.6) is 5.75 Å². The molecule has 0 aliphatic carbocycles. The van der Waals surface area contributed by atoms with Crippen LogP contribution in [0.3, 0.4) is 0 Å². The Kier molecular flexibility index (Phi) is 2.97. The number of methoxy groups -OCH3 is 1. The lowest BCUT2D eigenvalue weighted by Gasteiger charge is -2.19. The lowest BCUT2D eigenvalue weighted by atomic mass is 10.0. The number of ether oxygens (including phenoxy) is 1. The molecular formula is C13H16N2O3S. The van der Waals surface area contributed by atoms with Gasteiger partial charge in [-0.15, -0.1) is 0 Å². The average molecular weight is 280 g/mol. The summed E-state index contributed by atoms with van der Waals surface area (Å²) in [4.78, 5) is 4.55. The first-order valence-electron chi connectivity index (χ1n) is 6.31. The minimum absolute atomic E-state index is 0.00311. The molecule has 102 valence electrons. The second-order valence-electron chi connectivity index (χ2n) is 4.93. The van der Waals surface area contributed by atoms with E-state index in [1.165, 1.54) is 0 Å². The Balaban J connectivity index is 2.02. The third-order valence-electron chi connectivity index (χ3n) is 3.57. The highest BCUT2D eigenvalue weighted by Crippen LogP contribution is 2.29. The number of imidazole rings is 1. The summed E-state index contributed by atoms with van der Waals surface area (Å²) < 4.78 is 30.6. The zero-order chi connectivity index (χ0) is 13.5. The van der Waals surface area contributed by atoms with E-state index in [4.69, 9.17) is 4.74 Å². The molecule has 19 heavy (non-hydrogen) atoms. The van der Waals surface area contributed by atoms with Crippen LogP contribution >= 0.6 is 0 Å². The zero-order valence-electron chi connectivity index (χ0n) is 10.7. The molecule has 1 aliphatic heterocycles. The number of aromatic nitrogens is 2. The zero-order valence-corrected chi connectivity index (χ0v) is 11.6. The quantitative estimate of drug-likeness (QED) is 0.839. The topological polar surface area (TPSA) is 60.7 Å². The van der Waals surface area contributed by atoms with Gasteiger partial charge in [0.05, 0.1) is 24.3 Å². The number of nitrogens with zero attached hydrogens (tertiary/aromatic N) is 2. The van der Waals surface area contributed by atoms with E-state index in [1.807, 2.05) is 28.9 Å². The largest absolute Gasteiger partial charge is 0.493 e. The highest BCUT2D eigenvalue weighted by molar-refractivity contribution is 7.91. The van der Waals surface area contributed by atoms with Crippen molar-refractivity contribution in [2.75, 3.05) is 18.6 Å². The lowest BCUT2D eigenvalue weighted by molar-refractivity contribution is 0.417. The first-order chi connectivity index (χ1) is 9.09. The maximum atomic E-state index is 11.7. The molecule has 1 saturated heterocycles. The summed E-state index contributed by atoms with van der Waals surface area (Å²) in [6.07, 6.45) is 5.40. The fourth-order valence-corrected chi connectivity index (χ4v) is 4.34. The highest BCUT2D eigenvalue weighted by Gasteiger charge is 2.27. The van der Waals surface area contributed by atoms with Gasteiger partial charge in [0.1, 0.15) is 0 Å². The van der Waals surface area contributed by atoms with Gasteiger partial charge in [-0.05, 0) is 25.0 Å². The summed E-state index contributed by atoms with van der Waals surface area (Å²) >= 11 is 0. The summed E-state index contributed by atoms with van der Waals surface area (Å²) in [5, 5.41) is 0. The van der Waals surface area contributed by atoms with Crippen molar-refractivity contribution >= 4 is 15.5 Å². The first-order valence-corrected chi connectivity index (χ1v) is 8.13. The van der Waals surface area contributed by atoms with Crippen molar-refractivity contribution < 1.29 is 13.2 Å². The van der Waals surface area contributed by atoms with E-state index >= 15 is 0 Å². The van der Waals surface area contributed by atoms with Crippen LogP contribution in [-0.4, -0.2) is 36.4 Å². The van der Waals surface area contributed by atoms with Crippen LogP contribution < -0.4 is 4.74 Å². The van der Waals surface area contributed by atoms with Gasteiger partial charge in [0.2, 0.25) is 0 Å². The third-order valence-corrected chi connectivity index (χ3v) is 5.39. The van der Waals surface area contributed by atoms with E-state index in [0.29, 0.717) is 11.5 Å². The van der Waals surface area contributed by atoms with Crippen molar-refractivity contribution in [3.05, 3.63) is 30.2 Å². The van der Waals surface area contributed by atoms with Crippen LogP contribution in [0, 0.1) is 0 Å². The number of sulfone groups is 1. The summed E-state index contributed by atoms with van der Waals surface area (Å²) in [6.45, 7) is 0. The predicted octanol–water partition coefficient (Wildman–Crippen LogP) is 1.64. The fourth-order valence-electron chi connectivity index (χ4n) is 2.62. The SMILES string of the molecule is COc1cccn2cc(C3CCCS(=O)(=O)C3)nc12. The van der Waals surface area contributed by atoms with Gasteiger partial charge < -0.3 is 9.14 Å². The second kappa shape index (κ2) is 4.52. The van der Waals surface area contributed by atoms with Gasteiger partial charge in [0.25, 0.3) is 0 Å². The van der Waals surface area contributed by atoms with Crippen molar-refractivity contribution in [2.45, 2.75) is 18.8 Å². The minimum atomic E-state index is -2.91. The normalized spacial score (nSPS) is 22.5. The van der Waals surface area contributed by atoms with E-state index in [1.54, 1.807) is 7.11 Å². The van der Waals surface area contributed by atoms with Gasteiger partial charge in [0, 0.05) is 18.3 Å². The molecule has 5 nitrogen and oxygen atoms in total. The molecule has 0 radical (unpaired) electrons. The Morgan fingerprint density at radius 1 is 1.47 bits per heavy atom. The van der Waals surface area contributed by atoms with Gasteiger partial charge >= 0.3 is 0 Å². The molecule has 1 aliphatic rings. The lowest BCUT2D eigenvalue weighted by Crippen LogP contribution is -2.23. The van der Waals surface area contributed by atoms with E-state index in [0.717, 1.165) is 24.2 Å². The van der Waals surface area contributed by atoms with Gasteiger partial charge in [-0.2, -0.15) is 0 Å². The molecule has 2 aromatic rings. The average Bonchev–Trinajstić information content (AvgIpc) is 2.81. The van der Waals surface area contributed by atoms with Crippen molar-refractivity contribution in [1.29, 1.82) is 0 Å². The standard InChI is InChI=1S/C13H16N2O3S/c1-18-12-5-2-6-15-8-11(14-13(12)15)10-4-3-7-19(16,17)9-10/h2,5-6,8,10H,3-4,7,9H2,1H3. The number of fused-ring (bicyclic) bond motifs is 1. The van der Waals surface area contributed by atoms with E-state index in [-0.39, 0.29) is 11.7 Å². The van der Waals surface area contributed by atoms with Crippen LogP contribution in [0.25, 0.3) is 5.65 Å². The summed E-state index contributed by atoms with van der Waals surface area (Å²) in [5.41, 5.74) is 1.58. The number of rotatable bonds is 2. The van der Waals surface area contributed by atoms with Crippen molar-refractivity contribution in [2.24, 2.45) is 0 Å². The van der Waals surface area contributed by atoms with Crippen molar-refractivity contribution in [3.8, 4) is 5.75 Å². The van der Waals surface area contributed by atoms with Gasteiger partial charge in [-0.1, -0.05) is 0 Å².